The van der Waals surface area contributed by atoms with Gasteiger partial charge >= 0.3 is 0 Å². The molecule has 0 spiro atoms. The van der Waals surface area contributed by atoms with E-state index in [1.54, 1.807) is 4.90 Å². The van der Waals surface area contributed by atoms with Crippen LogP contribution >= 0.6 is 11.3 Å². The SMILES string of the molecule is Cc1ccsc1C(=O)N1CC[C@](O)(CN2CCC(F)(F)CC2)C1. The van der Waals surface area contributed by atoms with E-state index in [4.69, 9.17) is 0 Å². The summed E-state index contributed by atoms with van der Waals surface area (Å²) >= 11 is 1.41. The summed E-state index contributed by atoms with van der Waals surface area (Å²) in [5, 5.41) is 12.6. The van der Waals surface area contributed by atoms with Crippen molar-refractivity contribution in [2.45, 2.75) is 37.7 Å². The van der Waals surface area contributed by atoms with Gasteiger partial charge in [0.2, 0.25) is 0 Å². The number of amides is 1. The topological polar surface area (TPSA) is 43.8 Å². The maximum absolute atomic E-state index is 13.2. The van der Waals surface area contributed by atoms with E-state index in [0.717, 1.165) is 5.56 Å². The van der Waals surface area contributed by atoms with Gasteiger partial charge in [0, 0.05) is 39.0 Å². The molecule has 1 aromatic rings. The van der Waals surface area contributed by atoms with Crippen LogP contribution in [0, 0.1) is 6.92 Å². The molecule has 1 atom stereocenters. The van der Waals surface area contributed by atoms with Crippen LogP contribution in [0.1, 0.15) is 34.5 Å². The van der Waals surface area contributed by atoms with Crippen LogP contribution in [0.25, 0.3) is 0 Å². The molecule has 128 valence electrons. The number of aliphatic hydroxyl groups is 1. The molecule has 2 fully saturated rings. The van der Waals surface area contributed by atoms with Crippen LogP contribution in [0.3, 0.4) is 0 Å². The van der Waals surface area contributed by atoms with Crippen molar-refractivity contribution in [2.24, 2.45) is 0 Å². The van der Waals surface area contributed by atoms with Gasteiger partial charge in [0.25, 0.3) is 11.8 Å². The molecule has 0 radical (unpaired) electrons. The number of rotatable bonds is 3. The highest BCUT2D eigenvalue weighted by Gasteiger charge is 2.42. The lowest BCUT2D eigenvalue weighted by Crippen LogP contribution is -2.49. The van der Waals surface area contributed by atoms with Gasteiger partial charge in [0.05, 0.1) is 17.0 Å². The molecule has 7 heteroatoms. The summed E-state index contributed by atoms with van der Waals surface area (Å²) in [5.41, 5.74) is -0.0401. The van der Waals surface area contributed by atoms with Crippen LogP contribution in [0.4, 0.5) is 8.78 Å². The van der Waals surface area contributed by atoms with Gasteiger partial charge < -0.3 is 10.0 Å². The minimum atomic E-state index is -2.58. The lowest BCUT2D eigenvalue weighted by atomic mass is 10.00. The van der Waals surface area contributed by atoms with Gasteiger partial charge in [0.15, 0.2) is 0 Å². The molecular weight excluding hydrogens is 322 g/mol. The van der Waals surface area contributed by atoms with Crippen LogP contribution in [0.5, 0.6) is 0 Å². The van der Waals surface area contributed by atoms with E-state index >= 15 is 0 Å². The molecule has 0 saturated carbocycles. The first-order chi connectivity index (χ1) is 10.8. The summed E-state index contributed by atoms with van der Waals surface area (Å²) in [5.74, 6) is -2.62. The summed E-state index contributed by atoms with van der Waals surface area (Å²) < 4.78 is 26.4. The highest BCUT2D eigenvalue weighted by Crippen LogP contribution is 2.31. The van der Waals surface area contributed by atoms with Gasteiger partial charge in [-0.3, -0.25) is 9.69 Å². The van der Waals surface area contributed by atoms with Crippen LogP contribution < -0.4 is 0 Å². The van der Waals surface area contributed by atoms with Crippen molar-refractivity contribution in [3.05, 3.63) is 21.9 Å². The second-order valence-corrected chi connectivity index (χ2v) is 7.68. The molecule has 1 N–H and O–H groups in total. The van der Waals surface area contributed by atoms with Crippen molar-refractivity contribution in [2.75, 3.05) is 32.7 Å². The van der Waals surface area contributed by atoms with Gasteiger partial charge in [0.1, 0.15) is 0 Å². The number of likely N-dealkylation sites (tertiary alicyclic amines) is 2. The zero-order chi connectivity index (χ0) is 16.7. The van der Waals surface area contributed by atoms with Crippen LogP contribution in [-0.2, 0) is 0 Å². The molecule has 0 unspecified atom stereocenters. The van der Waals surface area contributed by atoms with Gasteiger partial charge in [-0.1, -0.05) is 0 Å². The summed E-state index contributed by atoms with van der Waals surface area (Å²) in [7, 11) is 0. The van der Waals surface area contributed by atoms with Crippen LogP contribution in [0.15, 0.2) is 11.4 Å². The predicted octanol–water partition coefficient (Wildman–Crippen LogP) is 2.36. The van der Waals surface area contributed by atoms with E-state index in [-0.39, 0.29) is 25.3 Å². The van der Waals surface area contributed by atoms with Gasteiger partial charge in [-0.15, -0.1) is 11.3 Å². The molecule has 3 rings (SSSR count). The third-order valence-electron chi connectivity index (χ3n) is 4.78. The number of carbonyl (C=O) groups excluding carboxylic acids is 1. The number of aryl methyl sites for hydroxylation is 1. The monoisotopic (exact) mass is 344 g/mol. The molecule has 4 nitrogen and oxygen atoms in total. The number of halogens is 2. The van der Waals surface area contributed by atoms with Crippen molar-refractivity contribution >= 4 is 17.2 Å². The second kappa shape index (κ2) is 6.11. The standard InChI is InChI=1S/C16H22F2N2O2S/c1-12-2-9-23-13(12)14(21)20-8-3-15(22,11-20)10-19-6-4-16(17,18)5-7-19/h2,9,22H,3-8,10-11H2,1H3/t15-/m0/s1. The quantitative estimate of drug-likeness (QED) is 0.915. The maximum Gasteiger partial charge on any atom is 0.264 e. The number of nitrogens with zero attached hydrogens (tertiary/aromatic N) is 2. The van der Waals surface area contributed by atoms with E-state index in [9.17, 15) is 18.7 Å². The Morgan fingerprint density at radius 2 is 2.00 bits per heavy atom. The molecule has 1 aromatic heterocycles. The Balaban J connectivity index is 1.58. The third-order valence-corrected chi connectivity index (χ3v) is 5.79. The average Bonchev–Trinajstić information content (AvgIpc) is 3.07. The fourth-order valence-electron chi connectivity index (χ4n) is 3.35. The largest absolute Gasteiger partial charge is 0.387 e. The van der Waals surface area contributed by atoms with Crippen molar-refractivity contribution in [3.63, 3.8) is 0 Å². The second-order valence-electron chi connectivity index (χ2n) is 6.77. The number of hydrogen-bond acceptors (Lipinski definition) is 4. The van der Waals surface area contributed by atoms with Gasteiger partial charge in [-0.05, 0) is 30.4 Å². The normalized spacial score (nSPS) is 28.3. The predicted molar refractivity (Wildman–Crippen MR) is 85.1 cm³/mol. The Hall–Kier alpha value is -1.05. The first kappa shape index (κ1) is 16.8. The van der Waals surface area contributed by atoms with E-state index in [2.05, 4.69) is 0 Å². The first-order valence-electron chi connectivity index (χ1n) is 7.94. The highest BCUT2D eigenvalue weighted by molar-refractivity contribution is 7.12. The molecule has 2 aliphatic rings. The number of carbonyl (C=O) groups is 1. The Morgan fingerprint density at radius 1 is 1.30 bits per heavy atom. The summed E-state index contributed by atoms with van der Waals surface area (Å²) in [4.78, 5) is 16.8. The number of thiophene rings is 1. The van der Waals surface area contributed by atoms with Crippen molar-refractivity contribution in [1.29, 1.82) is 0 Å². The molecule has 2 aliphatic heterocycles. The number of piperidine rings is 1. The Kier molecular flexibility index (Phi) is 4.46. The van der Waals surface area contributed by atoms with E-state index in [0.29, 0.717) is 37.5 Å². The van der Waals surface area contributed by atoms with E-state index < -0.39 is 11.5 Å². The molecule has 0 aliphatic carbocycles. The smallest absolute Gasteiger partial charge is 0.264 e. The van der Waals surface area contributed by atoms with Crippen molar-refractivity contribution < 1.29 is 18.7 Å². The summed E-state index contributed by atoms with van der Waals surface area (Å²) in [6.45, 7) is 3.64. The molecule has 0 bridgehead atoms. The summed E-state index contributed by atoms with van der Waals surface area (Å²) in [6, 6.07) is 1.91. The molecule has 1 amide bonds. The van der Waals surface area contributed by atoms with E-state index in [1.165, 1.54) is 11.3 Å². The minimum Gasteiger partial charge on any atom is -0.387 e. The fraction of sp³-hybridized carbons (Fsp3) is 0.688. The number of hydrogen-bond donors (Lipinski definition) is 1. The third kappa shape index (κ3) is 3.72. The Bertz CT molecular complexity index is 582. The molecular formula is C16H22F2N2O2S. The van der Waals surface area contributed by atoms with Gasteiger partial charge in [-0.2, -0.15) is 0 Å². The number of β-amino-alcohol motifs (C(OH)–C–C–N with tert-alkyl or cyclic N) is 1. The molecule has 2 saturated heterocycles. The minimum absolute atomic E-state index is 0.0430. The zero-order valence-electron chi connectivity index (χ0n) is 13.2. The maximum atomic E-state index is 13.2. The van der Waals surface area contributed by atoms with E-state index in [1.807, 2.05) is 23.3 Å². The Labute approximate surface area is 138 Å². The Morgan fingerprint density at radius 3 is 2.61 bits per heavy atom. The van der Waals surface area contributed by atoms with Gasteiger partial charge in [-0.25, -0.2) is 8.78 Å². The highest BCUT2D eigenvalue weighted by atomic mass is 32.1. The lowest BCUT2D eigenvalue weighted by molar-refractivity contribution is -0.0720. The van der Waals surface area contributed by atoms with Crippen LogP contribution in [0.2, 0.25) is 0 Å². The molecule has 0 aromatic carbocycles. The fourth-order valence-corrected chi connectivity index (χ4v) is 4.24. The average molecular weight is 344 g/mol. The van der Waals surface area contributed by atoms with Crippen LogP contribution in [-0.4, -0.2) is 65.1 Å². The summed E-state index contributed by atoms with van der Waals surface area (Å²) in [6.07, 6.45) is 0.191. The van der Waals surface area contributed by atoms with Crippen molar-refractivity contribution in [1.82, 2.24) is 9.80 Å². The lowest BCUT2D eigenvalue weighted by Gasteiger charge is -2.36. The number of alkyl halides is 2. The first-order valence-corrected chi connectivity index (χ1v) is 8.82. The molecule has 3 heterocycles. The molecule has 23 heavy (non-hydrogen) atoms. The van der Waals surface area contributed by atoms with Crippen molar-refractivity contribution in [3.8, 4) is 0 Å². The zero-order valence-corrected chi connectivity index (χ0v) is 14.0.